The van der Waals surface area contributed by atoms with Gasteiger partial charge < -0.3 is 14.5 Å². The highest BCUT2D eigenvalue weighted by molar-refractivity contribution is 9.10. The summed E-state index contributed by atoms with van der Waals surface area (Å²) in [5.74, 6) is 6.17. The van der Waals surface area contributed by atoms with E-state index in [1.165, 1.54) is 0 Å². The SMILES string of the molecule is O=C(NCC#CCOc1cccnc1)c1ccc(Br)o1. The standard InChI is InChI=1S/C14H11BrN2O3/c15-13-6-5-12(20-13)14(18)17-8-1-2-9-19-11-4-3-7-16-10-11/h3-7,10H,8-9H2,(H,17,18). The van der Waals surface area contributed by atoms with Crippen LogP contribution in [0.1, 0.15) is 10.6 Å². The van der Waals surface area contributed by atoms with E-state index in [4.69, 9.17) is 9.15 Å². The molecule has 0 aliphatic carbocycles. The predicted molar refractivity (Wildman–Crippen MR) is 76.2 cm³/mol. The molecule has 0 radical (unpaired) electrons. The molecule has 6 heteroatoms. The van der Waals surface area contributed by atoms with E-state index in [9.17, 15) is 4.79 Å². The van der Waals surface area contributed by atoms with Gasteiger partial charge in [-0.25, -0.2) is 0 Å². The maximum Gasteiger partial charge on any atom is 0.287 e. The molecular formula is C14H11BrN2O3. The van der Waals surface area contributed by atoms with Crippen LogP contribution in [0.2, 0.25) is 0 Å². The van der Waals surface area contributed by atoms with Gasteiger partial charge in [-0.1, -0.05) is 11.8 Å². The van der Waals surface area contributed by atoms with Crippen molar-refractivity contribution in [2.75, 3.05) is 13.2 Å². The molecular weight excluding hydrogens is 324 g/mol. The van der Waals surface area contributed by atoms with Crippen molar-refractivity contribution in [3.63, 3.8) is 0 Å². The zero-order valence-corrected chi connectivity index (χ0v) is 12.0. The van der Waals surface area contributed by atoms with Gasteiger partial charge in [-0.3, -0.25) is 9.78 Å². The van der Waals surface area contributed by atoms with Gasteiger partial charge in [0.15, 0.2) is 10.4 Å². The summed E-state index contributed by atoms with van der Waals surface area (Å²) in [6.07, 6.45) is 3.28. The van der Waals surface area contributed by atoms with Crippen molar-refractivity contribution in [1.29, 1.82) is 0 Å². The summed E-state index contributed by atoms with van der Waals surface area (Å²) < 4.78 is 10.9. The molecule has 0 aliphatic heterocycles. The normalized spacial score (nSPS) is 9.45. The molecule has 0 unspecified atom stereocenters. The average Bonchev–Trinajstić information content (AvgIpc) is 2.90. The first-order valence-corrected chi connectivity index (χ1v) is 6.57. The smallest absolute Gasteiger partial charge is 0.287 e. The maximum absolute atomic E-state index is 11.6. The Kier molecular flexibility index (Phi) is 5.21. The van der Waals surface area contributed by atoms with Crippen LogP contribution in [0.4, 0.5) is 0 Å². The molecule has 0 spiro atoms. The minimum absolute atomic E-state index is 0.230. The minimum Gasteiger partial charge on any atom is -0.479 e. The Balaban J connectivity index is 1.69. The molecule has 5 nitrogen and oxygen atoms in total. The second kappa shape index (κ2) is 7.36. The van der Waals surface area contributed by atoms with Gasteiger partial charge in [0, 0.05) is 6.20 Å². The number of amides is 1. The van der Waals surface area contributed by atoms with E-state index in [0.29, 0.717) is 10.4 Å². The molecule has 0 aromatic carbocycles. The summed E-state index contributed by atoms with van der Waals surface area (Å²) in [7, 11) is 0. The van der Waals surface area contributed by atoms with Crippen molar-refractivity contribution >= 4 is 21.8 Å². The third kappa shape index (κ3) is 4.44. The van der Waals surface area contributed by atoms with Crippen LogP contribution in [-0.4, -0.2) is 24.0 Å². The van der Waals surface area contributed by atoms with E-state index in [2.05, 4.69) is 38.1 Å². The number of ether oxygens (including phenoxy) is 1. The van der Waals surface area contributed by atoms with Crippen LogP contribution in [-0.2, 0) is 0 Å². The Labute approximate surface area is 124 Å². The van der Waals surface area contributed by atoms with Gasteiger partial charge in [0.05, 0.1) is 12.7 Å². The van der Waals surface area contributed by atoms with Crippen molar-refractivity contribution in [3.05, 3.63) is 47.1 Å². The minimum atomic E-state index is -0.307. The first kappa shape index (κ1) is 14.2. The molecule has 0 bridgehead atoms. The van der Waals surface area contributed by atoms with Crippen LogP contribution in [0.15, 0.2) is 45.7 Å². The second-order valence-electron chi connectivity index (χ2n) is 3.62. The van der Waals surface area contributed by atoms with E-state index >= 15 is 0 Å². The number of carbonyl (C=O) groups is 1. The van der Waals surface area contributed by atoms with Gasteiger partial charge in [-0.2, -0.15) is 0 Å². The van der Waals surface area contributed by atoms with Crippen molar-refractivity contribution in [3.8, 4) is 17.6 Å². The third-order valence-corrected chi connectivity index (χ3v) is 2.63. The number of nitrogens with one attached hydrogen (secondary N) is 1. The van der Waals surface area contributed by atoms with E-state index < -0.39 is 0 Å². The Morgan fingerprint density at radius 1 is 1.40 bits per heavy atom. The van der Waals surface area contributed by atoms with Gasteiger partial charge in [0.2, 0.25) is 0 Å². The molecule has 2 heterocycles. The lowest BCUT2D eigenvalue weighted by atomic mass is 10.4. The summed E-state index contributed by atoms with van der Waals surface area (Å²) in [5, 5.41) is 2.62. The first-order valence-electron chi connectivity index (χ1n) is 5.78. The van der Waals surface area contributed by atoms with E-state index in [1.807, 2.05) is 0 Å². The molecule has 20 heavy (non-hydrogen) atoms. The Morgan fingerprint density at radius 2 is 2.30 bits per heavy atom. The second-order valence-corrected chi connectivity index (χ2v) is 4.40. The number of pyridine rings is 1. The van der Waals surface area contributed by atoms with Crippen molar-refractivity contribution in [2.45, 2.75) is 0 Å². The predicted octanol–water partition coefficient (Wildman–Crippen LogP) is 2.25. The Bertz CT molecular complexity index is 629. The molecule has 0 saturated carbocycles. The van der Waals surface area contributed by atoms with Crippen LogP contribution >= 0.6 is 15.9 Å². The summed E-state index contributed by atoms with van der Waals surface area (Å²) in [5.41, 5.74) is 0. The highest BCUT2D eigenvalue weighted by atomic mass is 79.9. The molecule has 2 aromatic rings. The van der Waals surface area contributed by atoms with Crippen molar-refractivity contribution in [1.82, 2.24) is 10.3 Å². The quantitative estimate of drug-likeness (QED) is 0.871. The molecule has 0 atom stereocenters. The molecule has 1 amide bonds. The average molecular weight is 335 g/mol. The number of nitrogens with zero attached hydrogens (tertiary/aromatic N) is 1. The lowest BCUT2D eigenvalue weighted by molar-refractivity contribution is 0.0930. The molecule has 2 aromatic heterocycles. The number of rotatable bonds is 4. The number of hydrogen-bond donors (Lipinski definition) is 1. The lowest BCUT2D eigenvalue weighted by Gasteiger charge is -1.99. The Hall–Kier alpha value is -2.26. The lowest BCUT2D eigenvalue weighted by Crippen LogP contribution is -2.23. The van der Waals surface area contributed by atoms with Gasteiger partial charge in [-0.05, 0) is 40.2 Å². The number of aromatic nitrogens is 1. The van der Waals surface area contributed by atoms with Crippen LogP contribution in [0.5, 0.6) is 5.75 Å². The first-order chi connectivity index (χ1) is 9.75. The molecule has 102 valence electrons. The molecule has 0 saturated heterocycles. The largest absolute Gasteiger partial charge is 0.479 e. The summed E-state index contributed by atoms with van der Waals surface area (Å²) >= 11 is 3.13. The van der Waals surface area contributed by atoms with Gasteiger partial charge in [0.25, 0.3) is 5.91 Å². The fraction of sp³-hybridized carbons (Fsp3) is 0.143. The van der Waals surface area contributed by atoms with E-state index in [-0.39, 0.29) is 24.8 Å². The van der Waals surface area contributed by atoms with Crippen LogP contribution in [0.25, 0.3) is 0 Å². The van der Waals surface area contributed by atoms with Gasteiger partial charge in [-0.15, -0.1) is 0 Å². The van der Waals surface area contributed by atoms with Crippen LogP contribution < -0.4 is 10.1 Å². The maximum atomic E-state index is 11.6. The van der Waals surface area contributed by atoms with Gasteiger partial charge >= 0.3 is 0 Å². The molecule has 2 rings (SSSR count). The van der Waals surface area contributed by atoms with Crippen molar-refractivity contribution < 1.29 is 13.9 Å². The van der Waals surface area contributed by atoms with Gasteiger partial charge in [0.1, 0.15) is 12.4 Å². The summed E-state index contributed by atoms with van der Waals surface area (Å²) in [6.45, 7) is 0.474. The number of halogens is 1. The van der Waals surface area contributed by atoms with Crippen molar-refractivity contribution in [2.24, 2.45) is 0 Å². The van der Waals surface area contributed by atoms with Crippen LogP contribution in [0, 0.1) is 11.8 Å². The third-order valence-electron chi connectivity index (χ3n) is 2.20. The van der Waals surface area contributed by atoms with E-state index in [0.717, 1.165) is 0 Å². The topological polar surface area (TPSA) is 64.4 Å². The molecule has 1 N–H and O–H groups in total. The summed E-state index contributed by atoms with van der Waals surface area (Å²) in [4.78, 5) is 15.5. The highest BCUT2D eigenvalue weighted by Gasteiger charge is 2.08. The number of furan rings is 1. The molecule has 0 fully saturated rings. The number of hydrogen-bond acceptors (Lipinski definition) is 4. The van der Waals surface area contributed by atoms with Crippen LogP contribution in [0.3, 0.4) is 0 Å². The zero-order chi connectivity index (χ0) is 14.2. The zero-order valence-electron chi connectivity index (χ0n) is 10.4. The Morgan fingerprint density at radius 3 is 3.00 bits per heavy atom. The highest BCUT2D eigenvalue weighted by Crippen LogP contribution is 2.13. The number of carbonyl (C=O) groups excluding carboxylic acids is 1. The molecule has 0 aliphatic rings. The van der Waals surface area contributed by atoms with E-state index in [1.54, 1.807) is 36.7 Å². The summed E-state index contributed by atoms with van der Waals surface area (Å²) in [6, 6.07) is 6.82. The fourth-order valence-electron chi connectivity index (χ4n) is 1.31. The monoisotopic (exact) mass is 334 g/mol. The fourth-order valence-corrected chi connectivity index (χ4v) is 1.62.